The topological polar surface area (TPSA) is 56.0 Å². The van der Waals surface area contributed by atoms with Crippen LogP contribution in [0.25, 0.3) is 10.6 Å². The summed E-state index contributed by atoms with van der Waals surface area (Å²) < 4.78 is 3.57. The van der Waals surface area contributed by atoms with Crippen LogP contribution in [0.2, 0.25) is 0 Å². The van der Waals surface area contributed by atoms with Gasteiger partial charge in [0, 0.05) is 36.5 Å². The fourth-order valence-electron chi connectivity index (χ4n) is 4.95. The fraction of sp³-hybridized carbons (Fsp3) is 0.522. The molecule has 1 aliphatic carbocycles. The number of aryl methyl sites for hydroxylation is 1. The van der Waals surface area contributed by atoms with Crippen molar-refractivity contribution in [3.8, 4) is 10.6 Å². The van der Waals surface area contributed by atoms with E-state index in [1.807, 2.05) is 10.6 Å². The van der Waals surface area contributed by atoms with E-state index in [1.165, 1.54) is 18.4 Å². The van der Waals surface area contributed by atoms with E-state index in [-0.39, 0.29) is 5.69 Å². The number of piperidine rings is 1. The first-order valence-electron chi connectivity index (χ1n) is 11.1. The van der Waals surface area contributed by atoms with Crippen molar-refractivity contribution in [3.63, 3.8) is 0 Å². The molecule has 2 aromatic heterocycles. The molecule has 0 spiro atoms. The van der Waals surface area contributed by atoms with Gasteiger partial charge in [-0.3, -0.25) is 9.47 Å². The summed E-state index contributed by atoms with van der Waals surface area (Å²) >= 11 is 1.72. The van der Waals surface area contributed by atoms with Crippen LogP contribution in [-0.2, 0) is 13.6 Å². The van der Waals surface area contributed by atoms with E-state index < -0.39 is 0 Å². The molecule has 0 unspecified atom stereocenters. The molecular weight excluding hydrogens is 394 g/mol. The molecule has 0 N–H and O–H groups in total. The number of likely N-dealkylation sites (tertiary alicyclic amines) is 1. The van der Waals surface area contributed by atoms with E-state index in [9.17, 15) is 4.79 Å². The second-order valence-corrected chi connectivity index (χ2v) is 9.49. The van der Waals surface area contributed by atoms with Gasteiger partial charge in [-0.15, -0.1) is 11.3 Å². The van der Waals surface area contributed by atoms with Gasteiger partial charge in [-0.1, -0.05) is 43.2 Å². The maximum absolute atomic E-state index is 12.7. The lowest BCUT2D eigenvalue weighted by atomic mass is 9.95. The highest BCUT2D eigenvalue weighted by Crippen LogP contribution is 2.34. The summed E-state index contributed by atoms with van der Waals surface area (Å²) in [6, 6.07) is 10.7. The van der Waals surface area contributed by atoms with Crippen molar-refractivity contribution in [2.45, 2.75) is 57.0 Å². The molecule has 5 rings (SSSR count). The summed E-state index contributed by atoms with van der Waals surface area (Å²) in [4.78, 5) is 20.0. The zero-order valence-corrected chi connectivity index (χ0v) is 18.4. The van der Waals surface area contributed by atoms with Crippen LogP contribution in [0.3, 0.4) is 0 Å². The third-order valence-corrected chi connectivity index (χ3v) is 7.52. The summed E-state index contributed by atoms with van der Waals surface area (Å²) in [6.45, 7) is 2.95. The first-order valence-corrected chi connectivity index (χ1v) is 11.9. The number of aromatic nitrogens is 4. The van der Waals surface area contributed by atoms with E-state index in [1.54, 1.807) is 23.1 Å². The molecule has 6 nitrogen and oxygen atoms in total. The zero-order chi connectivity index (χ0) is 20.5. The van der Waals surface area contributed by atoms with E-state index >= 15 is 0 Å². The largest absolute Gasteiger partial charge is 0.345 e. The Morgan fingerprint density at radius 3 is 2.53 bits per heavy atom. The molecule has 0 amide bonds. The molecule has 7 heteroatoms. The number of thiazole rings is 1. The predicted molar refractivity (Wildman–Crippen MR) is 120 cm³/mol. The van der Waals surface area contributed by atoms with Crippen LogP contribution < -0.4 is 5.69 Å². The molecule has 1 saturated carbocycles. The lowest BCUT2D eigenvalue weighted by Gasteiger charge is -2.31. The molecule has 0 atom stereocenters. The van der Waals surface area contributed by atoms with Crippen LogP contribution in [0.4, 0.5) is 0 Å². The average molecular weight is 424 g/mol. The Morgan fingerprint density at radius 1 is 1.07 bits per heavy atom. The monoisotopic (exact) mass is 423 g/mol. The second-order valence-electron chi connectivity index (χ2n) is 8.63. The van der Waals surface area contributed by atoms with E-state index in [0.717, 1.165) is 61.8 Å². The van der Waals surface area contributed by atoms with Crippen molar-refractivity contribution in [3.05, 3.63) is 57.7 Å². The number of rotatable bonds is 5. The lowest BCUT2D eigenvalue weighted by Crippen LogP contribution is -2.34. The Bertz CT molecular complexity index is 1040. The third-order valence-electron chi connectivity index (χ3n) is 6.58. The minimum absolute atomic E-state index is 0.0650. The minimum Gasteiger partial charge on any atom is -0.297 e. The molecule has 1 aliphatic heterocycles. The van der Waals surface area contributed by atoms with Crippen LogP contribution in [0.1, 0.15) is 62.0 Å². The normalized spacial score (nSPS) is 19.0. The summed E-state index contributed by atoms with van der Waals surface area (Å²) in [7, 11) is 1.79. The molecule has 3 heterocycles. The summed E-state index contributed by atoms with van der Waals surface area (Å²) in [5, 5.41) is 7.94. The Labute approximate surface area is 181 Å². The van der Waals surface area contributed by atoms with Crippen molar-refractivity contribution in [1.82, 2.24) is 24.2 Å². The molecule has 30 heavy (non-hydrogen) atoms. The Balaban J connectivity index is 1.24. The quantitative estimate of drug-likeness (QED) is 0.617. The summed E-state index contributed by atoms with van der Waals surface area (Å²) in [5.41, 5.74) is 2.40. The van der Waals surface area contributed by atoms with Gasteiger partial charge >= 0.3 is 5.69 Å². The van der Waals surface area contributed by atoms with Gasteiger partial charge in [0.15, 0.2) is 0 Å². The standard InChI is InChI=1S/C23H29N5OS/c1-26-23(29)28(20-9-5-6-10-20)21(25-26)17-11-13-27(14-12-17)15-19-16-30-22(24-19)18-7-3-2-4-8-18/h2-4,7-8,16-17,20H,5-6,9-15H2,1H3. The molecular formula is C23H29N5OS. The van der Waals surface area contributed by atoms with Crippen molar-refractivity contribution in [2.75, 3.05) is 13.1 Å². The number of nitrogens with zero attached hydrogens (tertiary/aromatic N) is 5. The van der Waals surface area contributed by atoms with Crippen LogP contribution >= 0.6 is 11.3 Å². The van der Waals surface area contributed by atoms with Gasteiger partial charge in [-0.05, 0) is 38.8 Å². The molecule has 3 aromatic rings. The maximum atomic E-state index is 12.7. The number of hydrogen-bond acceptors (Lipinski definition) is 5. The molecule has 1 saturated heterocycles. The lowest BCUT2D eigenvalue weighted by molar-refractivity contribution is 0.197. The summed E-state index contributed by atoms with van der Waals surface area (Å²) in [5.74, 6) is 1.40. The van der Waals surface area contributed by atoms with Crippen LogP contribution in [0.15, 0.2) is 40.5 Å². The van der Waals surface area contributed by atoms with E-state index in [4.69, 9.17) is 4.98 Å². The van der Waals surface area contributed by atoms with Crippen LogP contribution in [-0.4, -0.2) is 37.3 Å². The van der Waals surface area contributed by atoms with Gasteiger partial charge in [0.05, 0.1) is 5.69 Å². The van der Waals surface area contributed by atoms with Crippen molar-refractivity contribution in [2.24, 2.45) is 7.05 Å². The van der Waals surface area contributed by atoms with Gasteiger partial charge < -0.3 is 0 Å². The second kappa shape index (κ2) is 8.47. The van der Waals surface area contributed by atoms with Crippen molar-refractivity contribution in [1.29, 1.82) is 0 Å². The highest BCUT2D eigenvalue weighted by molar-refractivity contribution is 7.13. The molecule has 158 valence electrons. The maximum Gasteiger partial charge on any atom is 0.345 e. The Hall–Kier alpha value is -2.25. The zero-order valence-electron chi connectivity index (χ0n) is 17.5. The van der Waals surface area contributed by atoms with Gasteiger partial charge in [-0.25, -0.2) is 14.5 Å². The highest BCUT2D eigenvalue weighted by atomic mass is 32.1. The Morgan fingerprint density at radius 2 is 1.80 bits per heavy atom. The molecule has 2 aliphatic rings. The molecule has 2 fully saturated rings. The minimum atomic E-state index is 0.0650. The third kappa shape index (κ3) is 3.88. The highest BCUT2D eigenvalue weighted by Gasteiger charge is 2.30. The van der Waals surface area contributed by atoms with Gasteiger partial charge in [0.25, 0.3) is 0 Å². The van der Waals surface area contributed by atoms with Crippen LogP contribution in [0.5, 0.6) is 0 Å². The molecule has 0 radical (unpaired) electrons. The summed E-state index contributed by atoms with van der Waals surface area (Å²) in [6.07, 6.45) is 6.79. The number of benzene rings is 1. The van der Waals surface area contributed by atoms with Gasteiger partial charge in [0.2, 0.25) is 0 Å². The first-order chi connectivity index (χ1) is 14.7. The predicted octanol–water partition coefficient (Wildman–Crippen LogP) is 4.20. The molecule has 0 bridgehead atoms. The van der Waals surface area contributed by atoms with E-state index in [0.29, 0.717) is 12.0 Å². The molecule has 1 aromatic carbocycles. The Kier molecular flexibility index (Phi) is 5.56. The van der Waals surface area contributed by atoms with Crippen molar-refractivity contribution >= 4 is 11.3 Å². The van der Waals surface area contributed by atoms with Gasteiger partial charge in [-0.2, -0.15) is 5.10 Å². The van der Waals surface area contributed by atoms with E-state index in [2.05, 4.69) is 39.6 Å². The fourth-order valence-corrected chi connectivity index (χ4v) is 5.77. The SMILES string of the molecule is Cn1nc(C2CCN(Cc3csc(-c4ccccc4)n3)CC2)n(C2CCCC2)c1=O. The van der Waals surface area contributed by atoms with Crippen LogP contribution in [0, 0.1) is 0 Å². The van der Waals surface area contributed by atoms with Crippen molar-refractivity contribution < 1.29 is 0 Å². The smallest absolute Gasteiger partial charge is 0.297 e. The van der Waals surface area contributed by atoms with Gasteiger partial charge in [0.1, 0.15) is 10.8 Å². The average Bonchev–Trinajstić information content (AvgIpc) is 3.51. The number of hydrogen-bond donors (Lipinski definition) is 0. The first kappa shape index (κ1) is 19.7.